The van der Waals surface area contributed by atoms with Gasteiger partial charge in [0, 0.05) is 26.3 Å². The molecule has 18 heavy (non-hydrogen) atoms. The number of nitrogens with one attached hydrogen (secondary N) is 1. The highest BCUT2D eigenvalue weighted by atomic mass is 16.5. The van der Waals surface area contributed by atoms with E-state index in [0.29, 0.717) is 6.04 Å². The maximum Gasteiger partial charge on any atom is 0.119 e. The van der Waals surface area contributed by atoms with Gasteiger partial charge in [-0.25, -0.2) is 0 Å². The summed E-state index contributed by atoms with van der Waals surface area (Å²) in [6.07, 6.45) is 1.26. The van der Waals surface area contributed by atoms with Crippen molar-refractivity contribution in [3.8, 4) is 5.75 Å². The van der Waals surface area contributed by atoms with E-state index < -0.39 is 0 Å². The molecule has 1 aromatic rings. The smallest absolute Gasteiger partial charge is 0.119 e. The molecule has 0 aliphatic carbocycles. The third-order valence-corrected chi connectivity index (χ3v) is 2.70. The van der Waals surface area contributed by atoms with Crippen molar-refractivity contribution in [3.05, 3.63) is 29.8 Å². The normalized spacial score (nSPS) is 12.7. The Labute approximate surface area is 110 Å². The molecule has 102 valence electrons. The Bertz CT molecular complexity index is 322. The van der Waals surface area contributed by atoms with Gasteiger partial charge in [0.25, 0.3) is 0 Å². The zero-order chi connectivity index (χ0) is 13.4. The third kappa shape index (κ3) is 6.03. The highest BCUT2D eigenvalue weighted by Gasteiger charge is 2.02. The number of methoxy groups -OCH3 is 1. The molecule has 0 spiro atoms. The molecule has 0 saturated heterocycles. The van der Waals surface area contributed by atoms with E-state index in [2.05, 4.69) is 24.4 Å². The molecular weight excluding hydrogens is 226 g/mol. The predicted molar refractivity (Wildman–Crippen MR) is 75.0 cm³/mol. The second-order valence-electron chi connectivity index (χ2n) is 4.87. The summed E-state index contributed by atoms with van der Waals surface area (Å²) in [5.74, 6) is 0.932. The van der Waals surface area contributed by atoms with Crippen LogP contribution in [-0.2, 0) is 11.3 Å². The lowest BCUT2D eigenvalue weighted by Crippen LogP contribution is -2.26. The average molecular weight is 251 g/mol. The van der Waals surface area contributed by atoms with E-state index in [1.807, 2.05) is 26.0 Å². The lowest BCUT2D eigenvalue weighted by molar-refractivity contribution is 0.184. The van der Waals surface area contributed by atoms with E-state index in [1.165, 1.54) is 5.56 Å². The topological polar surface area (TPSA) is 30.5 Å². The molecule has 0 aliphatic heterocycles. The lowest BCUT2D eigenvalue weighted by atomic mass is 10.2. The summed E-state index contributed by atoms with van der Waals surface area (Å²) in [6.45, 7) is 7.93. The number of rotatable bonds is 8. The van der Waals surface area contributed by atoms with Crippen LogP contribution in [0.25, 0.3) is 0 Å². The van der Waals surface area contributed by atoms with E-state index in [-0.39, 0.29) is 6.10 Å². The van der Waals surface area contributed by atoms with Crippen LogP contribution in [0, 0.1) is 0 Å². The summed E-state index contributed by atoms with van der Waals surface area (Å²) in [5.41, 5.74) is 1.27. The first-order valence-electron chi connectivity index (χ1n) is 6.59. The number of hydrogen-bond acceptors (Lipinski definition) is 3. The number of benzene rings is 1. The van der Waals surface area contributed by atoms with E-state index in [9.17, 15) is 0 Å². The quantitative estimate of drug-likeness (QED) is 0.770. The fraction of sp³-hybridized carbons (Fsp3) is 0.600. The molecule has 1 unspecified atom stereocenters. The maximum absolute atomic E-state index is 5.61. The molecule has 0 radical (unpaired) electrons. The minimum atomic E-state index is 0.225. The molecule has 0 bridgehead atoms. The van der Waals surface area contributed by atoms with Crippen LogP contribution in [0.3, 0.4) is 0 Å². The highest BCUT2D eigenvalue weighted by molar-refractivity contribution is 5.27. The van der Waals surface area contributed by atoms with Crippen LogP contribution in [0.2, 0.25) is 0 Å². The Morgan fingerprint density at radius 1 is 1.11 bits per heavy atom. The summed E-state index contributed by atoms with van der Waals surface area (Å²) in [7, 11) is 1.74. The van der Waals surface area contributed by atoms with Crippen LogP contribution in [0.4, 0.5) is 0 Å². The predicted octanol–water partition coefficient (Wildman–Crippen LogP) is 2.99. The molecule has 0 aliphatic rings. The molecule has 1 N–H and O–H groups in total. The van der Waals surface area contributed by atoms with Gasteiger partial charge in [-0.1, -0.05) is 12.1 Å². The number of hydrogen-bond donors (Lipinski definition) is 1. The summed E-state index contributed by atoms with van der Waals surface area (Å²) >= 11 is 0. The molecule has 0 aromatic heterocycles. The highest BCUT2D eigenvalue weighted by Crippen LogP contribution is 2.13. The van der Waals surface area contributed by atoms with Crippen molar-refractivity contribution < 1.29 is 9.47 Å². The molecule has 0 amide bonds. The van der Waals surface area contributed by atoms with E-state index >= 15 is 0 Å². The van der Waals surface area contributed by atoms with Crippen LogP contribution in [0.15, 0.2) is 24.3 Å². The van der Waals surface area contributed by atoms with Crippen molar-refractivity contribution in [2.75, 3.05) is 13.7 Å². The van der Waals surface area contributed by atoms with Crippen LogP contribution in [0.5, 0.6) is 5.75 Å². The molecule has 0 fully saturated rings. The fourth-order valence-corrected chi connectivity index (χ4v) is 1.65. The molecule has 1 aromatic carbocycles. The minimum absolute atomic E-state index is 0.225. The zero-order valence-corrected chi connectivity index (χ0v) is 11.9. The van der Waals surface area contributed by atoms with Crippen LogP contribution in [-0.4, -0.2) is 25.9 Å². The van der Waals surface area contributed by atoms with Crippen molar-refractivity contribution in [2.24, 2.45) is 0 Å². The van der Waals surface area contributed by atoms with Crippen LogP contribution >= 0.6 is 0 Å². The van der Waals surface area contributed by atoms with Gasteiger partial charge in [0.2, 0.25) is 0 Å². The van der Waals surface area contributed by atoms with Crippen LogP contribution < -0.4 is 10.1 Å². The SMILES string of the molecule is COCCC(C)NCc1ccc(OC(C)C)cc1. The second kappa shape index (κ2) is 8.11. The van der Waals surface area contributed by atoms with E-state index in [4.69, 9.17) is 9.47 Å². The first-order valence-corrected chi connectivity index (χ1v) is 6.59. The van der Waals surface area contributed by atoms with Gasteiger partial charge >= 0.3 is 0 Å². The summed E-state index contributed by atoms with van der Waals surface area (Å²) in [5, 5.41) is 3.47. The molecule has 0 heterocycles. The molecular formula is C15H25NO2. The lowest BCUT2D eigenvalue weighted by Gasteiger charge is -2.14. The van der Waals surface area contributed by atoms with Crippen LogP contribution in [0.1, 0.15) is 32.8 Å². The standard InChI is InChI=1S/C15H25NO2/c1-12(2)18-15-7-5-14(6-8-15)11-16-13(3)9-10-17-4/h5-8,12-13,16H,9-11H2,1-4H3. The third-order valence-electron chi connectivity index (χ3n) is 2.70. The van der Waals surface area contributed by atoms with Gasteiger partial charge in [0.15, 0.2) is 0 Å². The van der Waals surface area contributed by atoms with Crippen molar-refractivity contribution in [2.45, 2.75) is 45.9 Å². The molecule has 1 atom stereocenters. The van der Waals surface area contributed by atoms with Crippen molar-refractivity contribution >= 4 is 0 Å². The Hall–Kier alpha value is -1.06. The maximum atomic E-state index is 5.61. The van der Waals surface area contributed by atoms with Crippen molar-refractivity contribution in [1.29, 1.82) is 0 Å². The van der Waals surface area contributed by atoms with Gasteiger partial charge in [0.05, 0.1) is 6.10 Å². The summed E-state index contributed by atoms with van der Waals surface area (Å²) in [6, 6.07) is 8.73. The monoisotopic (exact) mass is 251 g/mol. The Morgan fingerprint density at radius 2 is 1.78 bits per heavy atom. The van der Waals surface area contributed by atoms with Crippen molar-refractivity contribution in [3.63, 3.8) is 0 Å². The van der Waals surface area contributed by atoms with Gasteiger partial charge in [0.1, 0.15) is 5.75 Å². The van der Waals surface area contributed by atoms with Gasteiger partial charge in [-0.15, -0.1) is 0 Å². The Kier molecular flexibility index (Phi) is 6.76. The Morgan fingerprint density at radius 3 is 2.33 bits per heavy atom. The van der Waals surface area contributed by atoms with E-state index in [1.54, 1.807) is 7.11 Å². The average Bonchev–Trinajstić information content (AvgIpc) is 2.35. The minimum Gasteiger partial charge on any atom is -0.491 e. The zero-order valence-electron chi connectivity index (χ0n) is 11.9. The molecule has 3 nitrogen and oxygen atoms in total. The van der Waals surface area contributed by atoms with Gasteiger partial charge in [-0.2, -0.15) is 0 Å². The number of ether oxygens (including phenoxy) is 2. The molecule has 1 rings (SSSR count). The largest absolute Gasteiger partial charge is 0.491 e. The van der Waals surface area contributed by atoms with E-state index in [0.717, 1.165) is 25.3 Å². The van der Waals surface area contributed by atoms with Gasteiger partial charge in [-0.05, 0) is 44.9 Å². The Balaban J connectivity index is 2.34. The molecule has 3 heteroatoms. The first-order chi connectivity index (χ1) is 8.61. The summed E-state index contributed by atoms with van der Waals surface area (Å²) in [4.78, 5) is 0. The van der Waals surface area contributed by atoms with Gasteiger partial charge in [-0.3, -0.25) is 0 Å². The molecule has 0 saturated carbocycles. The summed E-state index contributed by atoms with van der Waals surface area (Å²) < 4.78 is 10.7. The fourth-order valence-electron chi connectivity index (χ4n) is 1.65. The second-order valence-corrected chi connectivity index (χ2v) is 4.87. The van der Waals surface area contributed by atoms with Gasteiger partial charge < -0.3 is 14.8 Å². The first kappa shape index (κ1) is 15.0. The van der Waals surface area contributed by atoms with Crippen molar-refractivity contribution in [1.82, 2.24) is 5.32 Å².